The van der Waals surface area contributed by atoms with E-state index in [0.29, 0.717) is 23.7 Å². The number of hydrogen-bond donors (Lipinski definition) is 1. The third kappa shape index (κ3) is 2.07. The van der Waals surface area contributed by atoms with Gasteiger partial charge in [0.2, 0.25) is 5.95 Å². The van der Waals surface area contributed by atoms with Crippen molar-refractivity contribution in [2.75, 3.05) is 19.0 Å². The van der Waals surface area contributed by atoms with E-state index in [1.54, 1.807) is 16.5 Å². The Morgan fingerprint density at radius 1 is 1.42 bits per heavy atom. The molecule has 2 rings (SSSR count). The summed E-state index contributed by atoms with van der Waals surface area (Å²) in [5.74, 6) is 0.615. The standard InChI is InChI=1S/C12H17N5O2/c1-7(2)6-17-8-9(13-11(17)15(3)4)16(5)12(19)14-10(8)18/h1,6H2,2-5H3,(H,14,18,19). The van der Waals surface area contributed by atoms with E-state index in [0.717, 1.165) is 5.57 Å². The molecule has 0 aliphatic carbocycles. The predicted octanol–water partition coefficient (Wildman–Crippen LogP) is 0.0654. The van der Waals surface area contributed by atoms with Gasteiger partial charge in [-0.1, -0.05) is 12.2 Å². The van der Waals surface area contributed by atoms with Crippen molar-refractivity contribution in [3.63, 3.8) is 0 Å². The van der Waals surface area contributed by atoms with Crippen LogP contribution in [0, 0.1) is 0 Å². The number of nitrogens with one attached hydrogen (secondary N) is 1. The van der Waals surface area contributed by atoms with Crippen molar-refractivity contribution in [2.45, 2.75) is 13.5 Å². The summed E-state index contributed by atoms with van der Waals surface area (Å²) in [5.41, 5.74) is 0.755. The van der Waals surface area contributed by atoms with Crippen molar-refractivity contribution in [3.05, 3.63) is 33.0 Å². The molecule has 0 amide bonds. The zero-order valence-electron chi connectivity index (χ0n) is 11.5. The molecule has 102 valence electrons. The van der Waals surface area contributed by atoms with E-state index in [4.69, 9.17) is 0 Å². The van der Waals surface area contributed by atoms with E-state index in [2.05, 4.69) is 16.5 Å². The molecule has 0 unspecified atom stereocenters. The van der Waals surface area contributed by atoms with Gasteiger partial charge in [-0.2, -0.15) is 4.98 Å². The number of aromatic nitrogens is 4. The van der Waals surface area contributed by atoms with Gasteiger partial charge < -0.3 is 9.47 Å². The molecule has 0 fully saturated rings. The van der Waals surface area contributed by atoms with Crippen molar-refractivity contribution in [2.24, 2.45) is 7.05 Å². The normalized spacial score (nSPS) is 10.9. The maximum atomic E-state index is 12.0. The second-order valence-electron chi connectivity index (χ2n) is 4.84. The van der Waals surface area contributed by atoms with Gasteiger partial charge in [-0.25, -0.2) is 4.79 Å². The summed E-state index contributed by atoms with van der Waals surface area (Å²) in [6, 6.07) is 0. The van der Waals surface area contributed by atoms with E-state index in [1.165, 1.54) is 4.57 Å². The summed E-state index contributed by atoms with van der Waals surface area (Å²) in [6.07, 6.45) is 0. The van der Waals surface area contributed by atoms with Crippen LogP contribution in [0.1, 0.15) is 6.92 Å². The number of nitrogens with zero attached hydrogens (tertiary/aromatic N) is 4. The van der Waals surface area contributed by atoms with Crippen LogP contribution in [0.2, 0.25) is 0 Å². The molecule has 0 spiro atoms. The molecular weight excluding hydrogens is 246 g/mol. The third-order valence-corrected chi connectivity index (χ3v) is 2.81. The Morgan fingerprint density at radius 3 is 2.58 bits per heavy atom. The van der Waals surface area contributed by atoms with Crippen LogP contribution in [-0.4, -0.2) is 33.2 Å². The van der Waals surface area contributed by atoms with Crippen LogP contribution in [0.4, 0.5) is 5.95 Å². The molecular formula is C12H17N5O2. The zero-order valence-corrected chi connectivity index (χ0v) is 11.5. The first-order valence-electron chi connectivity index (χ1n) is 5.84. The molecule has 0 saturated heterocycles. The number of allylic oxidation sites excluding steroid dienone is 1. The van der Waals surface area contributed by atoms with Crippen molar-refractivity contribution in [3.8, 4) is 0 Å². The second kappa shape index (κ2) is 4.42. The first-order chi connectivity index (χ1) is 8.82. The van der Waals surface area contributed by atoms with Gasteiger partial charge in [0, 0.05) is 27.7 Å². The number of anilines is 1. The smallest absolute Gasteiger partial charge is 0.329 e. The summed E-state index contributed by atoms with van der Waals surface area (Å²) in [7, 11) is 5.25. The minimum atomic E-state index is -0.470. The molecule has 19 heavy (non-hydrogen) atoms. The second-order valence-corrected chi connectivity index (χ2v) is 4.84. The summed E-state index contributed by atoms with van der Waals surface area (Å²) >= 11 is 0. The van der Waals surface area contributed by atoms with E-state index in [-0.39, 0.29) is 0 Å². The largest absolute Gasteiger partial charge is 0.348 e. The minimum absolute atomic E-state index is 0.374. The van der Waals surface area contributed by atoms with Crippen LogP contribution >= 0.6 is 0 Å². The lowest BCUT2D eigenvalue weighted by atomic mass is 10.3. The number of rotatable bonds is 3. The van der Waals surface area contributed by atoms with E-state index >= 15 is 0 Å². The molecule has 2 heterocycles. The molecule has 0 bridgehead atoms. The quantitative estimate of drug-likeness (QED) is 0.795. The first-order valence-corrected chi connectivity index (χ1v) is 5.84. The highest BCUT2D eigenvalue weighted by Gasteiger charge is 2.18. The Bertz CT molecular complexity index is 763. The Labute approximate surface area is 109 Å². The van der Waals surface area contributed by atoms with Gasteiger partial charge in [0.25, 0.3) is 5.56 Å². The summed E-state index contributed by atoms with van der Waals surface area (Å²) in [5, 5.41) is 0. The van der Waals surface area contributed by atoms with Gasteiger partial charge in [0.05, 0.1) is 0 Å². The molecule has 0 saturated carbocycles. The van der Waals surface area contributed by atoms with Crippen molar-refractivity contribution < 1.29 is 0 Å². The molecule has 2 aromatic rings. The summed E-state index contributed by atoms with van der Waals surface area (Å²) < 4.78 is 3.09. The Balaban J connectivity index is 2.94. The summed E-state index contributed by atoms with van der Waals surface area (Å²) in [6.45, 7) is 6.21. The third-order valence-electron chi connectivity index (χ3n) is 2.81. The van der Waals surface area contributed by atoms with Gasteiger partial charge in [-0.05, 0) is 6.92 Å². The zero-order chi connectivity index (χ0) is 14.3. The SMILES string of the molecule is C=C(C)Cn1c(N(C)C)nc2c1c(=O)[nH]c(=O)n2C. The average molecular weight is 263 g/mol. The molecule has 7 heteroatoms. The maximum Gasteiger partial charge on any atom is 0.329 e. The number of aromatic amines is 1. The van der Waals surface area contributed by atoms with Gasteiger partial charge in [-0.3, -0.25) is 14.3 Å². The van der Waals surface area contributed by atoms with Crippen LogP contribution in [0.3, 0.4) is 0 Å². The number of aryl methyl sites for hydroxylation is 1. The average Bonchev–Trinajstić information content (AvgIpc) is 2.65. The fraction of sp³-hybridized carbons (Fsp3) is 0.417. The number of fused-ring (bicyclic) bond motifs is 1. The highest BCUT2D eigenvalue weighted by Crippen LogP contribution is 2.18. The first kappa shape index (κ1) is 13.1. The molecule has 2 aromatic heterocycles. The maximum absolute atomic E-state index is 12.0. The Kier molecular flexibility index (Phi) is 3.05. The number of H-pyrrole nitrogens is 1. The van der Waals surface area contributed by atoms with Gasteiger partial charge in [-0.15, -0.1) is 0 Å². The van der Waals surface area contributed by atoms with Crippen molar-refractivity contribution in [1.29, 1.82) is 0 Å². The van der Waals surface area contributed by atoms with Crippen molar-refractivity contribution in [1.82, 2.24) is 19.1 Å². The molecule has 0 atom stereocenters. The fourth-order valence-electron chi connectivity index (χ4n) is 1.98. The highest BCUT2D eigenvalue weighted by molar-refractivity contribution is 5.74. The van der Waals surface area contributed by atoms with Gasteiger partial charge in [0.1, 0.15) is 0 Å². The predicted molar refractivity (Wildman–Crippen MR) is 74.7 cm³/mol. The topological polar surface area (TPSA) is 75.9 Å². The van der Waals surface area contributed by atoms with Gasteiger partial charge in [0.15, 0.2) is 11.2 Å². The Hall–Kier alpha value is -2.31. The lowest BCUT2D eigenvalue weighted by Crippen LogP contribution is -2.29. The van der Waals surface area contributed by atoms with Crippen LogP contribution in [0.5, 0.6) is 0 Å². The Morgan fingerprint density at radius 2 is 2.05 bits per heavy atom. The van der Waals surface area contributed by atoms with Crippen LogP contribution < -0.4 is 16.1 Å². The summed E-state index contributed by atoms with van der Waals surface area (Å²) in [4.78, 5) is 32.1. The highest BCUT2D eigenvalue weighted by atomic mass is 16.2. The van der Waals surface area contributed by atoms with Crippen LogP contribution in [0.25, 0.3) is 11.2 Å². The molecule has 0 aromatic carbocycles. The molecule has 7 nitrogen and oxygen atoms in total. The van der Waals surface area contributed by atoms with Crippen LogP contribution in [-0.2, 0) is 13.6 Å². The number of hydrogen-bond acceptors (Lipinski definition) is 4. The molecule has 1 N–H and O–H groups in total. The monoisotopic (exact) mass is 263 g/mol. The molecule has 0 radical (unpaired) electrons. The van der Waals surface area contributed by atoms with E-state index < -0.39 is 11.2 Å². The molecule has 0 aliphatic rings. The number of imidazole rings is 1. The van der Waals surface area contributed by atoms with E-state index in [9.17, 15) is 9.59 Å². The van der Waals surface area contributed by atoms with E-state index in [1.807, 2.05) is 21.0 Å². The van der Waals surface area contributed by atoms with Crippen LogP contribution in [0.15, 0.2) is 21.7 Å². The fourth-order valence-corrected chi connectivity index (χ4v) is 1.98. The molecule has 0 aliphatic heterocycles. The minimum Gasteiger partial charge on any atom is -0.348 e. The lowest BCUT2D eigenvalue weighted by Gasteiger charge is -2.14. The van der Waals surface area contributed by atoms with Crippen molar-refractivity contribution >= 4 is 17.1 Å². The van der Waals surface area contributed by atoms with Gasteiger partial charge >= 0.3 is 5.69 Å². The lowest BCUT2D eigenvalue weighted by molar-refractivity contribution is 0.783.